The first kappa shape index (κ1) is 12.5. The molecular weight excluding hydrogens is 240 g/mol. The largest absolute Gasteiger partial charge is 0.376 e. The Hall–Kier alpha value is -1.49. The van der Waals surface area contributed by atoms with Crippen molar-refractivity contribution < 1.29 is 9.47 Å². The molecule has 0 amide bonds. The summed E-state index contributed by atoms with van der Waals surface area (Å²) in [6.07, 6.45) is 1.88. The molecule has 19 heavy (non-hydrogen) atoms. The van der Waals surface area contributed by atoms with E-state index >= 15 is 0 Å². The van der Waals surface area contributed by atoms with Gasteiger partial charge in [0.2, 0.25) is 0 Å². The predicted octanol–water partition coefficient (Wildman–Crippen LogP) is 1.91. The molecule has 0 aliphatic carbocycles. The van der Waals surface area contributed by atoms with Gasteiger partial charge in [0, 0.05) is 11.6 Å². The number of hydrogen-bond donors (Lipinski definition) is 1. The van der Waals surface area contributed by atoms with Gasteiger partial charge in [-0.15, -0.1) is 0 Å². The van der Waals surface area contributed by atoms with Crippen LogP contribution in [0.4, 0.5) is 0 Å². The lowest BCUT2D eigenvalue weighted by molar-refractivity contribution is -0.101. The number of likely N-dealkylation sites (N-methyl/N-ethyl adjacent to an activating group) is 1. The minimum Gasteiger partial charge on any atom is -0.376 e. The molecule has 1 aliphatic heterocycles. The van der Waals surface area contributed by atoms with E-state index in [1.807, 2.05) is 19.3 Å². The molecule has 0 saturated carbocycles. The second kappa shape index (κ2) is 5.65. The van der Waals surface area contributed by atoms with Crippen LogP contribution in [0.1, 0.15) is 11.6 Å². The van der Waals surface area contributed by atoms with Crippen molar-refractivity contribution in [3.8, 4) is 0 Å². The maximum absolute atomic E-state index is 5.79. The number of ether oxygens (including phenoxy) is 2. The Labute approximate surface area is 112 Å². The van der Waals surface area contributed by atoms with Crippen molar-refractivity contribution in [1.29, 1.82) is 0 Å². The zero-order valence-corrected chi connectivity index (χ0v) is 11.0. The van der Waals surface area contributed by atoms with Gasteiger partial charge in [-0.05, 0) is 30.8 Å². The van der Waals surface area contributed by atoms with Crippen molar-refractivity contribution in [2.75, 3.05) is 26.9 Å². The van der Waals surface area contributed by atoms with Crippen LogP contribution < -0.4 is 5.32 Å². The van der Waals surface area contributed by atoms with Crippen LogP contribution in [-0.2, 0) is 9.47 Å². The Bertz CT molecular complexity index is 553. The second-order valence-electron chi connectivity index (χ2n) is 4.71. The molecule has 1 aromatic heterocycles. The third-order valence-corrected chi connectivity index (χ3v) is 3.51. The smallest absolute Gasteiger partial charge is 0.100 e. The van der Waals surface area contributed by atoms with E-state index in [1.54, 1.807) is 0 Å². The minimum absolute atomic E-state index is 0.0628. The van der Waals surface area contributed by atoms with Gasteiger partial charge in [-0.25, -0.2) is 0 Å². The quantitative estimate of drug-likeness (QED) is 0.913. The van der Waals surface area contributed by atoms with Crippen LogP contribution >= 0.6 is 0 Å². The van der Waals surface area contributed by atoms with Crippen LogP contribution in [0.5, 0.6) is 0 Å². The Morgan fingerprint density at radius 3 is 3.05 bits per heavy atom. The van der Waals surface area contributed by atoms with Crippen LogP contribution in [0.25, 0.3) is 10.9 Å². The van der Waals surface area contributed by atoms with Crippen molar-refractivity contribution in [2.45, 2.75) is 12.1 Å². The van der Waals surface area contributed by atoms with E-state index in [0.29, 0.717) is 19.8 Å². The maximum Gasteiger partial charge on any atom is 0.100 e. The Morgan fingerprint density at radius 1 is 1.32 bits per heavy atom. The second-order valence-corrected chi connectivity index (χ2v) is 4.71. The highest BCUT2D eigenvalue weighted by Crippen LogP contribution is 2.24. The van der Waals surface area contributed by atoms with Gasteiger partial charge in [-0.2, -0.15) is 0 Å². The summed E-state index contributed by atoms with van der Waals surface area (Å²) < 4.78 is 11.3. The molecule has 2 atom stereocenters. The highest BCUT2D eigenvalue weighted by atomic mass is 16.6. The molecule has 2 heterocycles. The van der Waals surface area contributed by atoms with Crippen molar-refractivity contribution >= 4 is 10.9 Å². The summed E-state index contributed by atoms with van der Waals surface area (Å²) in [4.78, 5) is 4.34. The minimum atomic E-state index is 0.0628. The topological polar surface area (TPSA) is 43.4 Å². The predicted molar refractivity (Wildman–Crippen MR) is 74.1 cm³/mol. The summed E-state index contributed by atoms with van der Waals surface area (Å²) in [7, 11) is 1.95. The van der Waals surface area contributed by atoms with Crippen molar-refractivity contribution in [3.05, 3.63) is 42.1 Å². The number of aromatic nitrogens is 1. The first-order chi connectivity index (χ1) is 9.38. The third-order valence-electron chi connectivity index (χ3n) is 3.51. The average Bonchev–Trinajstić information content (AvgIpc) is 2.49. The van der Waals surface area contributed by atoms with E-state index < -0.39 is 0 Å². The lowest BCUT2D eigenvalue weighted by Crippen LogP contribution is -2.39. The van der Waals surface area contributed by atoms with Crippen LogP contribution in [-0.4, -0.2) is 38.0 Å². The van der Waals surface area contributed by atoms with Gasteiger partial charge in [-0.1, -0.05) is 12.1 Å². The molecule has 3 rings (SSSR count). The van der Waals surface area contributed by atoms with Crippen LogP contribution in [0.3, 0.4) is 0 Å². The van der Waals surface area contributed by atoms with Gasteiger partial charge in [-0.3, -0.25) is 4.98 Å². The molecule has 0 spiro atoms. The molecule has 2 aromatic rings. The number of hydrogen-bond acceptors (Lipinski definition) is 4. The summed E-state index contributed by atoms with van der Waals surface area (Å²) in [6, 6.07) is 10.5. The highest BCUT2D eigenvalue weighted by Gasteiger charge is 2.25. The Morgan fingerprint density at radius 2 is 2.26 bits per heavy atom. The SMILES string of the molecule is CNC(c1ccc2ncccc2c1)C1COCCO1. The zero-order valence-electron chi connectivity index (χ0n) is 11.0. The molecule has 1 saturated heterocycles. The van der Waals surface area contributed by atoms with Gasteiger partial charge in [0.1, 0.15) is 6.10 Å². The lowest BCUT2D eigenvalue weighted by atomic mass is 9.99. The molecule has 0 bridgehead atoms. The Kier molecular flexibility index (Phi) is 3.73. The van der Waals surface area contributed by atoms with Gasteiger partial charge >= 0.3 is 0 Å². The van der Waals surface area contributed by atoms with E-state index in [4.69, 9.17) is 9.47 Å². The van der Waals surface area contributed by atoms with Gasteiger partial charge in [0.05, 0.1) is 31.4 Å². The number of rotatable bonds is 3. The number of nitrogens with zero attached hydrogens (tertiary/aromatic N) is 1. The zero-order chi connectivity index (χ0) is 13.1. The monoisotopic (exact) mass is 258 g/mol. The van der Waals surface area contributed by atoms with E-state index in [-0.39, 0.29) is 12.1 Å². The van der Waals surface area contributed by atoms with E-state index in [2.05, 4.69) is 34.6 Å². The lowest BCUT2D eigenvalue weighted by Gasteiger charge is -2.30. The molecule has 4 nitrogen and oxygen atoms in total. The van der Waals surface area contributed by atoms with E-state index in [0.717, 1.165) is 10.9 Å². The summed E-state index contributed by atoms with van der Waals surface area (Å²) in [5, 5.41) is 4.48. The van der Waals surface area contributed by atoms with E-state index in [1.165, 1.54) is 5.56 Å². The highest BCUT2D eigenvalue weighted by molar-refractivity contribution is 5.79. The van der Waals surface area contributed by atoms with Gasteiger partial charge in [0.25, 0.3) is 0 Å². The molecule has 2 unspecified atom stereocenters. The average molecular weight is 258 g/mol. The summed E-state index contributed by atoms with van der Waals surface area (Å²) in [6.45, 7) is 1.99. The van der Waals surface area contributed by atoms with Gasteiger partial charge < -0.3 is 14.8 Å². The molecule has 0 radical (unpaired) electrons. The molecule has 1 fully saturated rings. The number of benzene rings is 1. The first-order valence-corrected chi connectivity index (χ1v) is 6.60. The van der Waals surface area contributed by atoms with Crippen molar-refractivity contribution in [1.82, 2.24) is 10.3 Å². The molecule has 4 heteroatoms. The number of fused-ring (bicyclic) bond motifs is 1. The number of nitrogens with one attached hydrogen (secondary N) is 1. The Balaban J connectivity index is 1.91. The fourth-order valence-corrected chi connectivity index (χ4v) is 2.55. The number of pyridine rings is 1. The third kappa shape index (κ3) is 2.61. The maximum atomic E-state index is 5.79. The normalized spacial score (nSPS) is 21.4. The first-order valence-electron chi connectivity index (χ1n) is 6.60. The molecule has 1 aromatic carbocycles. The van der Waals surface area contributed by atoms with Crippen LogP contribution in [0.15, 0.2) is 36.5 Å². The summed E-state index contributed by atoms with van der Waals surface area (Å²) >= 11 is 0. The molecule has 100 valence electrons. The van der Waals surface area contributed by atoms with Crippen molar-refractivity contribution in [2.24, 2.45) is 0 Å². The van der Waals surface area contributed by atoms with Gasteiger partial charge in [0.15, 0.2) is 0 Å². The molecule has 1 N–H and O–H groups in total. The standard InChI is InChI=1S/C15H18N2O2/c1-16-15(14-10-18-7-8-19-14)12-4-5-13-11(9-12)3-2-6-17-13/h2-6,9,14-16H,7-8,10H2,1H3. The fourth-order valence-electron chi connectivity index (χ4n) is 2.55. The molecule has 1 aliphatic rings. The fraction of sp³-hybridized carbons (Fsp3) is 0.400. The summed E-state index contributed by atoms with van der Waals surface area (Å²) in [5.41, 5.74) is 2.22. The summed E-state index contributed by atoms with van der Waals surface area (Å²) in [5.74, 6) is 0. The van der Waals surface area contributed by atoms with Crippen LogP contribution in [0, 0.1) is 0 Å². The van der Waals surface area contributed by atoms with Crippen LogP contribution in [0.2, 0.25) is 0 Å². The molecular formula is C15H18N2O2. The van der Waals surface area contributed by atoms with Crippen molar-refractivity contribution in [3.63, 3.8) is 0 Å². The van der Waals surface area contributed by atoms with E-state index in [9.17, 15) is 0 Å².